The van der Waals surface area contributed by atoms with E-state index in [9.17, 15) is 8.42 Å². The molecular weight excluding hydrogens is 332 g/mol. The van der Waals surface area contributed by atoms with E-state index in [1.54, 1.807) is 0 Å². The van der Waals surface area contributed by atoms with Crippen molar-refractivity contribution < 1.29 is 12.6 Å². The zero-order valence-corrected chi connectivity index (χ0v) is 17.6. The van der Waals surface area contributed by atoms with Crippen LogP contribution in [0.5, 0.6) is 0 Å². The van der Waals surface area contributed by atoms with Gasteiger partial charge in [-0.05, 0) is 32.1 Å². The zero-order chi connectivity index (χ0) is 18.6. The van der Waals surface area contributed by atoms with Crippen molar-refractivity contribution in [2.45, 2.75) is 110 Å². The number of rotatable bonds is 19. The van der Waals surface area contributed by atoms with Gasteiger partial charge in [0, 0.05) is 0 Å². The van der Waals surface area contributed by atoms with Crippen LogP contribution in [0.4, 0.5) is 0 Å². The summed E-state index contributed by atoms with van der Waals surface area (Å²) < 4.78 is 26.3. The minimum Gasteiger partial charge on any atom is -0.270 e. The molecule has 0 saturated carbocycles. The Morgan fingerprint density at radius 2 is 1.04 bits per heavy atom. The second-order valence-corrected chi connectivity index (χ2v) is 8.81. The van der Waals surface area contributed by atoms with Gasteiger partial charge in [-0.2, -0.15) is 8.42 Å². The van der Waals surface area contributed by atoms with Crippen molar-refractivity contribution in [2.24, 2.45) is 0 Å². The second-order valence-electron chi connectivity index (χ2n) is 7.17. The monoisotopic (exact) mass is 374 g/mol. The third-order valence-electron chi connectivity index (χ3n) is 4.45. The van der Waals surface area contributed by atoms with Crippen molar-refractivity contribution >= 4 is 10.1 Å². The van der Waals surface area contributed by atoms with E-state index in [-0.39, 0.29) is 0 Å². The average molecular weight is 375 g/mol. The molecule has 0 N–H and O–H groups in total. The summed E-state index contributed by atoms with van der Waals surface area (Å²) in [5.74, 6) is 0. The van der Waals surface area contributed by atoms with Gasteiger partial charge in [-0.3, -0.25) is 4.18 Å². The summed E-state index contributed by atoms with van der Waals surface area (Å²) in [5.41, 5.74) is 0. The van der Waals surface area contributed by atoms with E-state index in [0.29, 0.717) is 6.61 Å². The third-order valence-corrected chi connectivity index (χ3v) is 5.05. The van der Waals surface area contributed by atoms with Crippen LogP contribution >= 0.6 is 0 Å². The summed E-state index contributed by atoms with van der Waals surface area (Å²) in [4.78, 5) is 0. The Bertz CT molecular complexity index is 388. The molecule has 0 rings (SSSR count). The highest BCUT2D eigenvalue weighted by molar-refractivity contribution is 7.85. The molecule has 0 bridgehead atoms. The van der Waals surface area contributed by atoms with Crippen LogP contribution < -0.4 is 0 Å². The fraction of sp³-hybridized carbons (Fsp3) is 0.905. The summed E-state index contributed by atoms with van der Waals surface area (Å²) >= 11 is 0. The maximum Gasteiger partial charge on any atom is 0.264 e. The molecule has 0 amide bonds. The van der Waals surface area contributed by atoms with Crippen LogP contribution in [0.3, 0.4) is 0 Å². The van der Waals surface area contributed by atoms with Gasteiger partial charge in [-0.15, -0.1) is 0 Å². The number of allylic oxidation sites excluding steroid dienone is 2. The van der Waals surface area contributed by atoms with Gasteiger partial charge in [-0.1, -0.05) is 89.7 Å². The van der Waals surface area contributed by atoms with E-state index in [0.717, 1.165) is 19.1 Å². The van der Waals surface area contributed by atoms with Crippen LogP contribution in [-0.2, 0) is 14.3 Å². The Labute approximate surface area is 157 Å². The van der Waals surface area contributed by atoms with Gasteiger partial charge in [0.05, 0.1) is 12.9 Å². The van der Waals surface area contributed by atoms with Gasteiger partial charge in [0.1, 0.15) is 0 Å². The first-order chi connectivity index (χ1) is 12.1. The molecule has 3 nitrogen and oxygen atoms in total. The van der Waals surface area contributed by atoms with Crippen molar-refractivity contribution in [1.29, 1.82) is 0 Å². The molecule has 0 fully saturated rings. The Morgan fingerprint density at radius 1 is 0.640 bits per heavy atom. The first-order valence-corrected chi connectivity index (χ1v) is 12.4. The van der Waals surface area contributed by atoms with Gasteiger partial charge >= 0.3 is 0 Å². The summed E-state index contributed by atoms with van der Waals surface area (Å²) in [6.45, 7) is 2.60. The maximum atomic E-state index is 10.8. The lowest BCUT2D eigenvalue weighted by molar-refractivity contribution is 0.309. The largest absolute Gasteiger partial charge is 0.270 e. The van der Waals surface area contributed by atoms with E-state index in [1.807, 2.05) is 0 Å². The van der Waals surface area contributed by atoms with Crippen molar-refractivity contribution in [2.75, 3.05) is 12.9 Å². The van der Waals surface area contributed by atoms with Gasteiger partial charge in [0.2, 0.25) is 0 Å². The first kappa shape index (κ1) is 24.7. The van der Waals surface area contributed by atoms with Gasteiger partial charge in [0.15, 0.2) is 0 Å². The second kappa shape index (κ2) is 18.4. The molecule has 4 heteroatoms. The summed E-state index contributed by atoms with van der Waals surface area (Å²) in [6, 6.07) is 0. The third kappa shape index (κ3) is 23.6. The highest BCUT2D eigenvalue weighted by Crippen LogP contribution is 2.11. The molecule has 0 unspecified atom stereocenters. The molecule has 0 aliphatic carbocycles. The van der Waals surface area contributed by atoms with E-state index >= 15 is 0 Å². The predicted octanol–water partition coefficient (Wildman–Crippen LogP) is 6.78. The van der Waals surface area contributed by atoms with Crippen LogP contribution in [-0.4, -0.2) is 21.3 Å². The highest BCUT2D eigenvalue weighted by atomic mass is 32.2. The normalized spacial score (nSPS) is 12.2. The molecule has 0 aromatic heterocycles. The summed E-state index contributed by atoms with van der Waals surface area (Å²) in [6.07, 6.45) is 26.3. The van der Waals surface area contributed by atoms with E-state index in [4.69, 9.17) is 4.18 Å². The van der Waals surface area contributed by atoms with Crippen molar-refractivity contribution in [3.05, 3.63) is 12.2 Å². The van der Waals surface area contributed by atoms with Crippen molar-refractivity contribution in [3.63, 3.8) is 0 Å². The molecule has 0 aliphatic heterocycles. The van der Waals surface area contributed by atoms with Gasteiger partial charge in [0.25, 0.3) is 10.1 Å². The minimum atomic E-state index is -3.25. The summed E-state index contributed by atoms with van der Waals surface area (Å²) in [7, 11) is -3.25. The predicted molar refractivity (Wildman–Crippen MR) is 109 cm³/mol. The van der Waals surface area contributed by atoms with Crippen molar-refractivity contribution in [3.8, 4) is 0 Å². The molecular formula is C21H42O3S. The molecule has 0 radical (unpaired) electrons. The fourth-order valence-corrected chi connectivity index (χ4v) is 3.33. The molecule has 150 valence electrons. The Balaban J connectivity index is 3.12. The summed E-state index contributed by atoms with van der Waals surface area (Å²) in [5, 5.41) is 0. The maximum absolute atomic E-state index is 10.8. The molecule has 0 aliphatic rings. The lowest BCUT2D eigenvalue weighted by Crippen LogP contribution is -2.03. The lowest BCUT2D eigenvalue weighted by atomic mass is 10.1. The molecule has 0 heterocycles. The molecule has 0 saturated heterocycles. The minimum absolute atomic E-state index is 0.337. The lowest BCUT2D eigenvalue weighted by Gasteiger charge is -2.02. The van der Waals surface area contributed by atoms with E-state index < -0.39 is 10.1 Å². The molecule has 25 heavy (non-hydrogen) atoms. The zero-order valence-electron chi connectivity index (χ0n) is 16.8. The number of unbranched alkanes of at least 4 members (excludes halogenated alkanes) is 14. The van der Waals surface area contributed by atoms with Crippen molar-refractivity contribution in [1.82, 2.24) is 0 Å². The van der Waals surface area contributed by atoms with E-state index in [2.05, 4.69) is 19.1 Å². The fourth-order valence-electron chi connectivity index (χ4n) is 2.91. The molecule has 0 aromatic carbocycles. The number of hydrogen-bond donors (Lipinski definition) is 0. The first-order valence-electron chi connectivity index (χ1n) is 10.6. The van der Waals surface area contributed by atoms with Gasteiger partial charge in [-0.25, -0.2) is 0 Å². The molecule has 0 atom stereocenters. The quantitative estimate of drug-likeness (QED) is 0.142. The standard InChI is InChI=1S/C21H42O3S/c1-3-4-5-6-7-8-9-10-11-12-13-14-15-16-17-18-19-20-21-24-25(2,22)23/h10-11H,3-9,12-21H2,1-2H3/b11-10-. The van der Waals surface area contributed by atoms with Crippen LogP contribution in [0.25, 0.3) is 0 Å². The molecule has 0 spiro atoms. The van der Waals surface area contributed by atoms with E-state index in [1.165, 1.54) is 89.9 Å². The van der Waals surface area contributed by atoms with Crippen LogP contribution in [0.15, 0.2) is 12.2 Å². The van der Waals surface area contributed by atoms with Gasteiger partial charge < -0.3 is 0 Å². The SMILES string of the molecule is CCCCCCCC/C=C\CCCCCCCCCCOS(C)(=O)=O. The topological polar surface area (TPSA) is 43.4 Å². The average Bonchev–Trinajstić information content (AvgIpc) is 2.56. The highest BCUT2D eigenvalue weighted by Gasteiger charge is 2.00. The number of hydrogen-bond acceptors (Lipinski definition) is 3. The van der Waals surface area contributed by atoms with Crippen LogP contribution in [0.2, 0.25) is 0 Å². The van der Waals surface area contributed by atoms with Crippen LogP contribution in [0, 0.1) is 0 Å². The Morgan fingerprint density at radius 3 is 1.48 bits per heavy atom. The smallest absolute Gasteiger partial charge is 0.264 e. The Hall–Kier alpha value is -0.350. The van der Waals surface area contributed by atoms with Crippen LogP contribution in [0.1, 0.15) is 110 Å². The molecule has 0 aromatic rings. The Kier molecular flexibility index (Phi) is 18.2.